The number of carbonyl (C=O) groups excluding carboxylic acids is 2. The number of piperidine rings is 1. The Morgan fingerprint density at radius 1 is 1.00 bits per heavy atom. The molecule has 2 aliphatic heterocycles. The molecule has 154 valence electrons. The zero-order chi connectivity index (χ0) is 20.2. The maximum absolute atomic E-state index is 12.8. The van der Waals surface area contributed by atoms with Crippen molar-refractivity contribution in [2.24, 2.45) is 0 Å². The zero-order valence-corrected chi connectivity index (χ0v) is 16.9. The summed E-state index contributed by atoms with van der Waals surface area (Å²) < 4.78 is 1.83. The van der Waals surface area contributed by atoms with Crippen molar-refractivity contribution in [2.75, 3.05) is 39.3 Å². The van der Waals surface area contributed by atoms with Gasteiger partial charge in [0.25, 0.3) is 11.8 Å². The fourth-order valence-electron chi connectivity index (χ4n) is 3.96. The number of benzene rings is 1. The lowest BCUT2D eigenvalue weighted by Gasteiger charge is -2.34. The van der Waals surface area contributed by atoms with Crippen LogP contribution in [0.5, 0.6) is 0 Å². The summed E-state index contributed by atoms with van der Waals surface area (Å²) in [5.41, 5.74) is 2.31. The van der Waals surface area contributed by atoms with Gasteiger partial charge in [-0.2, -0.15) is 0 Å². The van der Waals surface area contributed by atoms with Gasteiger partial charge in [0.05, 0.1) is 12.2 Å². The van der Waals surface area contributed by atoms with Gasteiger partial charge in [-0.1, -0.05) is 24.3 Å². The second kappa shape index (κ2) is 8.73. The average molecular weight is 396 g/mol. The minimum atomic E-state index is -0.107. The molecule has 2 aliphatic rings. The Kier molecular flexibility index (Phi) is 5.89. The summed E-state index contributed by atoms with van der Waals surface area (Å²) in [5, 5.41) is 11.6. The first-order valence-corrected chi connectivity index (χ1v) is 10.5. The quantitative estimate of drug-likeness (QED) is 0.844. The van der Waals surface area contributed by atoms with Crippen molar-refractivity contribution >= 4 is 11.8 Å². The van der Waals surface area contributed by atoms with Crippen molar-refractivity contribution in [1.29, 1.82) is 0 Å². The highest BCUT2D eigenvalue weighted by Crippen LogP contribution is 2.18. The van der Waals surface area contributed by atoms with Crippen LogP contribution in [0.2, 0.25) is 0 Å². The maximum Gasteiger partial charge on any atom is 0.276 e. The summed E-state index contributed by atoms with van der Waals surface area (Å²) in [6.07, 6.45) is 4.72. The molecule has 1 aromatic heterocycles. The number of rotatable bonds is 4. The second-order valence-electron chi connectivity index (χ2n) is 7.70. The third-order valence-electron chi connectivity index (χ3n) is 5.88. The van der Waals surface area contributed by atoms with Gasteiger partial charge in [0, 0.05) is 31.7 Å². The molecule has 0 aliphatic carbocycles. The Bertz CT molecular complexity index is 848. The van der Waals surface area contributed by atoms with Gasteiger partial charge in [0.2, 0.25) is 0 Å². The first kappa shape index (κ1) is 19.6. The molecule has 2 aromatic rings. The van der Waals surface area contributed by atoms with Crippen LogP contribution in [-0.4, -0.2) is 75.9 Å². The largest absolute Gasteiger partial charge is 0.335 e. The summed E-state index contributed by atoms with van der Waals surface area (Å²) in [5.74, 6) is -0.0822. The molecule has 0 spiro atoms. The van der Waals surface area contributed by atoms with Gasteiger partial charge in [-0.05, 0) is 50.0 Å². The number of aromatic nitrogens is 3. The smallest absolute Gasteiger partial charge is 0.276 e. The van der Waals surface area contributed by atoms with Crippen LogP contribution in [-0.2, 0) is 6.42 Å². The van der Waals surface area contributed by atoms with Crippen LogP contribution in [0, 0.1) is 0 Å². The molecule has 1 aromatic carbocycles. The number of piperazine rings is 1. The van der Waals surface area contributed by atoms with E-state index in [-0.39, 0.29) is 11.8 Å². The van der Waals surface area contributed by atoms with Crippen molar-refractivity contribution in [3.63, 3.8) is 0 Å². The standard InChI is InChI=1S/C21H28N6O2/c1-2-16-3-5-17(6-4-16)20(28)25-11-13-26(14-12-25)21(29)19-15-27(24-23-19)18-7-9-22-10-8-18/h3-6,15,18,22H,2,7-14H2,1H3. The third kappa shape index (κ3) is 4.32. The molecule has 3 heterocycles. The van der Waals surface area contributed by atoms with E-state index in [9.17, 15) is 9.59 Å². The van der Waals surface area contributed by atoms with E-state index in [4.69, 9.17) is 0 Å². The van der Waals surface area contributed by atoms with Crippen LogP contribution in [0.15, 0.2) is 30.5 Å². The van der Waals surface area contributed by atoms with Crippen LogP contribution < -0.4 is 5.32 Å². The number of nitrogens with zero attached hydrogens (tertiary/aromatic N) is 5. The number of hydrogen-bond acceptors (Lipinski definition) is 5. The predicted molar refractivity (Wildman–Crippen MR) is 109 cm³/mol. The first-order chi connectivity index (χ1) is 14.2. The first-order valence-electron chi connectivity index (χ1n) is 10.5. The van der Waals surface area contributed by atoms with Gasteiger partial charge < -0.3 is 15.1 Å². The van der Waals surface area contributed by atoms with Crippen molar-refractivity contribution in [2.45, 2.75) is 32.2 Å². The molecule has 29 heavy (non-hydrogen) atoms. The van der Waals surface area contributed by atoms with E-state index in [1.165, 1.54) is 5.56 Å². The molecule has 2 amide bonds. The molecule has 8 nitrogen and oxygen atoms in total. The lowest BCUT2D eigenvalue weighted by molar-refractivity contribution is 0.0532. The Labute approximate surface area is 170 Å². The monoisotopic (exact) mass is 396 g/mol. The van der Waals surface area contributed by atoms with E-state index in [1.807, 2.05) is 33.8 Å². The molecule has 8 heteroatoms. The lowest BCUT2D eigenvalue weighted by Crippen LogP contribution is -2.50. The number of nitrogens with one attached hydrogen (secondary N) is 1. The molecule has 0 unspecified atom stereocenters. The summed E-state index contributed by atoms with van der Waals surface area (Å²) >= 11 is 0. The van der Waals surface area contributed by atoms with Crippen LogP contribution in [0.3, 0.4) is 0 Å². The van der Waals surface area contributed by atoms with Gasteiger partial charge in [0.1, 0.15) is 0 Å². The summed E-state index contributed by atoms with van der Waals surface area (Å²) in [6.45, 7) is 6.11. The van der Waals surface area contributed by atoms with E-state index < -0.39 is 0 Å². The molecular weight excluding hydrogens is 368 g/mol. The van der Waals surface area contributed by atoms with Crippen molar-refractivity contribution in [3.05, 3.63) is 47.3 Å². The van der Waals surface area contributed by atoms with Gasteiger partial charge in [0.15, 0.2) is 5.69 Å². The number of hydrogen-bond donors (Lipinski definition) is 1. The average Bonchev–Trinajstić information content (AvgIpc) is 3.29. The summed E-state index contributed by atoms with van der Waals surface area (Å²) in [4.78, 5) is 29.1. The molecule has 0 atom stereocenters. The van der Waals surface area contributed by atoms with Crippen molar-refractivity contribution < 1.29 is 9.59 Å². The summed E-state index contributed by atoms with van der Waals surface area (Å²) in [7, 11) is 0. The number of carbonyl (C=O) groups is 2. The Hall–Kier alpha value is -2.74. The Morgan fingerprint density at radius 2 is 1.62 bits per heavy atom. The SMILES string of the molecule is CCc1ccc(C(=O)N2CCN(C(=O)c3cn(C4CCNCC4)nn3)CC2)cc1. The Balaban J connectivity index is 1.33. The van der Waals surface area contributed by atoms with Crippen molar-refractivity contribution in [1.82, 2.24) is 30.1 Å². The van der Waals surface area contributed by atoms with Crippen LogP contribution in [0.25, 0.3) is 0 Å². The van der Waals surface area contributed by atoms with E-state index in [2.05, 4.69) is 22.6 Å². The highest BCUT2D eigenvalue weighted by molar-refractivity contribution is 5.95. The molecular formula is C21H28N6O2. The third-order valence-corrected chi connectivity index (χ3v) is 5.88. The maximum atomic E-state index is 12.8. The van der Waals surface area contributed by atoms with Crippen LogP contribution >= 0.6 is 0 Å². The number of amides is 2. The Morgan fingerprint density at radius 3 is 2.24 bits per heavy atom. The molecule has 0 saturated carbocycles. The minimum absolute atomic E-state index is 0.0246. The van der Waals surface area contributed by atoms with Crippen molar-refractivity contribution in [3.8, 4) is 0 Å². The fraction of sp³-hybridized carbons (Fsp3) is 0.524. The van der Waals surface area contributed by atoms with Crippen LogP contribution in [0.1, 0.15) is 52.2 Å². The topological polar surface area (TPSA) is 83.4 Å². The molecule has 1 N–H and O–H groups in total. The lowest BCUT2D eigenvalue weighted by atomic mass is 10.1. The van der Waals surface area contributed by atoms with E-state index >= 15 is 0 Å². The highest BCUT2D eigenvalue weighted by Gasteiger charge is 2.27. The second-order valence-corrected chi connectivity index (χ2v) is 7.70. The van der Waals surface area contributed by atoms with E-state index in [0.29, 0.717) is 43.5 Å². The molecule has 0 bridgehead atoms. The van der Waals surface area contributed by atoms with Crippen LogP contribution in [0.4, 0.5) is 0 Å². The number of aryl methyl sites for hydroxylation is 1. The molecule has 0 radical (unpaired) electrons. The normalized spacial score (nSPS) is 18.1. The highest BCUT2D eigenvalue weighted by atomic mass is 16.2. The van der Waals surface area contributed by atoms with Gasteiger partial charge in [-0.15, -0.1) is 5.10 Å². The van der Waals surface area contributed by atoms with Gasteiger partial charge >= 0.3 is 0 Å². The van der Waals surface area contributed by atoms with E-state index in [0.717, 1.165) is 32.4 Å². The molecule has 2 fully saturated rings. The van der Waals surface area contributed by atoms with Gasteiger partial charge in [-0.25, -0.2) is 4.68 Å². The molecule has 2 saturated heterocycles. The zero-order valence-electron chi connectivity index (χ0n) is 16.9. The minimum Gasteiger partial charge on any atom is -0.335 e. The van der Waals surface area contributed by atoms with Gasteiger partial charge in [-0.3, -0.25) is 9.59 Å². The fourth-order valence-corrected chi connectivity index (χ4v) is 3.96. The summed E-state index contributed by atoms with van der Waals surface area (Å²) in [6, 6.07) is 8.08. The van der Waals surface area contributed by atoms with E-state index in [1.54, 1.807) is 11.1 Å². The predicted octanol–water partition coefficient (Wildman–Crippen LogP) is 1.36. The molecule has 4 rings (SSSR count).